The molecule has 0 saturated carbocycles. The molecule has 0 bridgehead atoms. The Hall–Kier alpha value is -2.10. The van der Waals surface area contributed by atoms with Crippen LogP contribution in [0.1, 0.15) is 16.8 Å². The maximum atomic E-state index is 5.67. The summed E-state index contributed by atoms with van der Waals surface area (Å²) in [4.78, 5) is 4.06. The number of imidazole rings is 1. The van der Waals surface area contributed by atoms with Gasteiger partial charge < -0.3 is 5.73 Å². The molecule has 2 rings (SSSR count). The van der Waals surface area contributed by atoms with Gasteiger partial charge in [0.2, 0.25) is 5.95 Å². The number of rotatable bonds is 2. The van der Waals surface area contributed by atoms with Crippen LogP contribution in [0.15, 0.2) is 35.6 Å². The third-order valence-electron chi connectivity index (χ3n) is 2.24. The number of nitrogens with zero attached hydrogens (tertiary/aromatic N) is 3. The Morgan fingerprint density at radius 2 is 1.94 bits per heavy atom. The summed E-state index contributed by atoms with van der Waals surface area (Å²) in [6, 6.07) is 8.12. The van der Waals surface area contributed by atoms with E-state index in [1.54, 1.807) is 17.1 Å². The summed E-state index contributed by atoms with van der Waals surface area (Å²) in [5.74, 6) is 0.404. The van der Waals surface area contributed by atoms with E-state index in [-0.39, 0.29) is 0 Å². The Morgan fingerprint density at radius 1 is 1.25 bits per heavy atom. The van der Waals surface area contributed by atoms with E-state index < -0.39 is 0 Å². The Balaban J connectivity index is 2.21. The largest absolute Gasteiger partial charge is 0.368 e. The van der Waals surface area contributed by atoms with Gasteiger partial charge in [0.15, 0.2) is 0 Å². The topological polar surface area (TPSA) is 56.2 Å². The second kappa shape index (κ2) is 4.18. The zero-order chi connectivity index (χ0) is 11.5. The number of nitrogens with two attached hydrogens (primary N) is 1. The highest BCUT2D eigenvalue weighted by Crippen LogP contribution is 2.04. The predicted octanol–water partition coefficient (Wildman–Crippen LogP) is 1.96. The Labute approximate surface area is 94.4 Å². The molecule has 0 spiro atoms. The zero-order valence-corrected chi connectivity index (χ0v) is 9.38. The fraction of sp³-hybridized carbons (Fsp3) is 0.167. The summed E-state index contributed by atoms with van der Waals surface area (Å²) in [5, 5.41) is 4.23. The second-order valence-electron chi connectivity index (χ2n) is 3.74. The van der Waals surface area contributed by atoms with Crippen molar-refractivity contribution in [3.05, 3.63) is 47.3 Å². The first kappa shape index (κ1) is 10.4. The van der Waals surface area contributed by atoms with Crippen LogP contribution in [0.4, 0.5) is 5.95 Å². The minimum atomic E-state index is 0.404. The smallest absolute Gasteiger partial charge is 0.221 e. The van der Waals surface area contributed by atoms with E-state index in [9.17, 15) is 0 Å². The van der Waals surface area contributed by atoms with E-state index in [0.29, 0.717) is 5.95 Å². The number of nitrogen functional groups attached to an aromatic ring is 1. The van der Waals surface area contributed by atoms with Gasteiger partial charge in [-0.15, -0.1) is 0 Å². The van der Waals surface area contributed by atoms with E-state index >= 15 is 0 Å². The van der Waals surface area contributed by atoms with Crippen LogP contribution in [0.3, 0.4) is 0 Å². The molecule has 0 aliphatic carbocycles. The fourth-order valence-electron chi connectivity index (χ4n) is 1.38. The first-order chi connectivity index (χ1) is 7.65. The molecule has 4 heteroatoms. The van der Waals surface area contributed by atoms with Crippen LogP contribution < -0.4 is 5.73 Å². The molecule has 4 nitrogen and oxygen atoms in total. The molecule has 16 heavy (non-hydrogen) atoms. The lowest BCUT2D eigenvalue weighted by atomic mass is 10.2. The minimum absolute atomic E-state index is 0.404. The minimum Gasteiger partial charge on any atom is -0.368 e. The van der Waals surface area contributed by atoms with Crippen LogP contribution in [-0.2, 0) is 0 Å². The van der Waals surface area contributed by atoms with Crippen molar-refractivity contribution in [1.29, 1.82) is 0 Å². The van der Waals surface area contributed by atoms with Gasteiger partial charge >= 0.3 is 0 Å². The highest BCUT2D eigenvalue weighted by molar-refractivity contribution is 5.79. The van der Waals surface area contributed by atoms with Crippen molar-refractivity contribution in [3.8, 4) is 0 Å². The monoisotopic (exact) mass is 214 g/mol. The van der Waals surface area contributed by atoms with Crippen LogP contribution in [0.5, 0.6) is 0 Å². The van der Waals surface area contributed by atoms with Gasteiger partial charge in [0, 0.05) is 0 Å². The van der Waals surface area contributed by atoms with E-state index in [2.05, 4.69) is 17.0 Å². The molecule has 2 N–H and O–H groups in total. The van der Waals surface area contributed by atoms with Gasteiger partial charge in [-0.25, -0.2) is 9.66 Å². The Bertz CT molecular complexity index is 508. The first-order valence-corrected chi connectivity index (χ1v) is 5.07. The van der Waals surface area contributed by atoms with Crippen molar-refractivity contribution in [1.82, 2.24) is 9.66 Å². The quantitative estimate of drug-likeness (QED) is 0.777. The fourth-order valence-corrected chi connectivity index (χ4v) is 1.38. The molecule has 0 saturated heterocycles. The average molecular weight is 214 g/mol. The summed E-state index contributed by atoms with van der Waals surface area (Å²) >= 11 is 0. The zero-order valence-electron chi connectivity index (χ0n) is 9.38. The number of hydrogen-bond acceptors (Lipinski definition) is 3. The van der Waals surface area contributed by atoms with Gasteiger partial charge in [-0.1, -0.05) is 29.8 Å². The number of aryl methyl sites for hydroxylation is 2. The van der Waals surface area contributed by atoms with Crippen LogP contribution in [-0.4, -0.2) is 15.9 Å². The summed E-state index contributed by atoms with van der Waals surface area (Å²) in [7, 11) is 0. The molecule has 1 aromatic carbocycles. The van der Waals surface area contributed by atoms with Gasteiger partial charge in [0.25, 0.3) is 0 Å². The molecule has 0 aliphatic rings. The summed E-state index contributed by atoms with van der Waals surface area (Å²) in [6.45, 7) is 3.94. The molecule has 0 radical (unpaired) electrons. The highest BCUT2D eigenvalue weighted by Gasteiger charge is 1.97. The van der Waals surface area contributed by atoms with Gasteiger partial charge in [0.05, 0.1) is 18.1 Å². The number of anilines is 1. The maximum Gasteiger partial charge on any atom is 0.221 e. The molecule has 82 valence electrons. The van der Waals surface area contributed by atoms with Gasteiger partial charge in [0.1, 0.15) is 0 Å². The molecule has 2 aromatic rings. The molecule has 1 aromatic heterocycles. The van der Waals surface area contributed by atoms with Crippen molar-refractivity contribution >= 4 is 12.2 Å². The van der Waals surface area contributed by atoms with E-state index in [1.165, 1.54) is 5.56 Å². The molecule has 0 aliphatic heterocycles. The normalized spacial score (nSPS) is 11.1. The van der Waals surface area contributed by atoms with Crippen molar-refractivity contribution in [2.24, 2.45) is 5.10 Å². The molecular formula is C12H14N4. The van der Waals surface area contributed by atoms with Crippen molar-refractivity contribution < 1.29 is 0 Å². The van der Waals surface area contributed by atoms with Crippen molar-refractivity contribution in [3.63, 3.8) is 0 Å². The van der Waals surface area contributed by atoms with Crippen LogP contribution >= 0.6 is 0 Å². The molecule has 0 fully saturated rings. The summed E-state index contributed by atoms with van der Waals surface area (Å²) in [6.07, 6.45) is 3.55. The summed E-state index contributed by atoms with van der Waals surface area (Å²) < 4.78 is 1.56. The summed E-state index contributed by atoms with van der Waals surface area (Å²) in [5.41, 5.74) is 8.80. The third-order valence-corrected chi connectivity index (χ3v) is 2.24. The first-order valence-electron chi connectivity index (χ1n) is 5.07. The number of aromatic nitrogens is 2. The number of hydrogen-bond donors (Lipinski definition) is 1. The van der Waals surface area contributed by atoms with Crippen LogP contribution in [0, 0.1) is 13.8 Å². The molecule has 1 heterocycles. The van der Waals surface area contributed by atoms with Crippen LogP contribution in [0.2, 0.25) is 0 Å². The van der Waals surface area contributed by atoms with E-state index in [1.807, 2.05) is 31.2 Å². The third kappa shape index (κ3) is 2.28. The Kier molecular flexibility index (Phi) is 2.72. The van der Waals surface area contributed by atoms with Crippen molar-refractivity contribution in [2.75, 3.05) is 5.73 Å². The predicted molar refractivity (Wildman–Crippen MR) is 65.5 cm³/mol. The lowest BCUT2D eigenvalue weighted by Gasteiger charge is -1.96. The maximum absolute atomic E-state index is 5.67. The molecular weight excluding hydrogens is 200 g/mol. The lowest BCUT2D eigenvalue weighted by Crippen LogP contribution is -1.96. The standard InChI is InChI=1S/C12H14N4/c1-9-3-5-11(6-4-9)7-14-16-8-10(2)15-12(16)13/h3-8H,1-2H3,(H2,13,15)/b14-7+. The lowest BCUT2D eigenvalue weighted by molar-refractivity contribution is 0.897. The van der Waals surface area contributed by atoms with Crippen LogP contribution in [0.25, 0.3) is 0 Å². The van der Waals surface area contributed by atoms with E-state index in [0.717, 1.165) is 11.3 Å². The van der Waals surface area contributed by atoms with E-state index in [4.69, 9.17) is 5.73 Å². The van der Waals surface area contributed by atoms with Gasteiger partial charge in [-0.05, 0) is 19.4 Å². The molecule has 0 amide bonds. The van der Waals surface area contributed by atoms with Crippen molar-refractivity contribution in [2.45, 2.75) is 13.8 Å². The Morgan fingerprint density at radius 3 is 2.50 bits per heavy atom. The van der Waals surface area contributed by atoms with Gasteiger partial charge in [-0.3, -0.25) is 0 Å². The SMILES string of the molecule is Cc1ccc(/C=N/n2cc(C)nc2N)cc1. The highest BCUT2D eigenvalue weighted by atomic mass is 15.4. The van der Waals surface area contributed by atoms with Gasteiger partial charge in [-0.2, -0.15) is 5.10 Å². The number of benzene rings is 1. The second-order valence-corrected chi connectivity index (χ2v) is 3.74. The molecule has 0 atom stereocenters. The average Bonchev–Trinajstić information content (AvgIpc) is 2.57. The molecule has 0 unspecified atom stereocenters.